The van der Waals surface area contributed by atoms with Crippen LogP contribution in [0, 0.1) is 0 Å². The van der Waals surface area contributed by atoms with Gasteiger partial charge < -0.3 is 24.7 Å². The lowest BCUT2D eigenvalue weighted by Crippen LogP contribution is -2.15. The van der Waals surface area contributed by atoms with E-state index < -0.39 is 0 Å². The topological polar surface area (TPSA) is 62.9 Å². The lowest BCUT2D eigenvalue weighted by molar-refractivity contribution is 0.208. The fraction of sp³-hybridized carbons (Fsp3) is 0.278. The number of nitrogens with two attached hydrogens (primary N) is 1. The van der Waals surface area contributed by atoms with Gasteiger partial charge in [-0.15, -0.1) is 0 Å². The molecular weight excluding hydrogens is 326 g/mol. The molecule has 2 rings (SSSR count). The summed E-state index contributed by atoms with van der Waals surface area (Å²) >= 11 is 5.04. The van der Waals surface area contributed by atoms with Crippen LogP contribution in [-0.2, 0) is 0 Å². The van der Waals surface area contributed by atoms with E-state index >= 15 is 0 Å². The summed E-state index contributed by atoms with van der Waals surface area (Å²) < 4.78 is 22.2. The Kier molecular flexibility index (Phi) is 6.69. The lowest BCUT2D eigenvalue weighted by Gasteiger charge is -2.14. The van der Waals surface area contributed by atoms with Gasteiger partial charge in [0, 0.05) is 6.07 Å². The lowest BCUT2D eigenvalue weighted by atomic mass is 10.2. The summed E-state index contributed by atoms with van der Waals surface area (Å²) in [5, 5.41) is 0. The number of benzene rings is 2. The van der Waals surface area contributed by atoms with Crippen molar-refractivity contribution in [3.05, 3.63) is 48.0 Å². The van der Waals surface area contributed by atoms with Gasteiger partial charge in [0.15, 0.2) is 11.5 Å². The summed E-state index contributed by atoms with van der Waals surface area (Å²) in [6, 6.07) is 12.8. The third kappa shape index (κ3) is 4.76. The molecule has 0 saturated heterocycles. The Balaban J connectivity index is 1.96. The van der Waals surface area contributed by atoms with E-state index in [2.05, 4.69) is 0 Å². The Bertz CT molecular complexity index is 690. The van der Waals surface area contributed by atoms with Gasteiger partial charge in [0.2, 0.25) is 0 Å². The normalized spacial score (nSPS) is 10.1. The van der Waals surface area contributed by atoms with Gasteiger partial charge in [-0.1, -0.05) is 24.4 Å². The van der Waals surface area contributed by atoms with Crippen molar-refractivity contribution < 1.29 is 18.9 Å². The highest BCUT2D eigenvalue weighted by molar-refractivity contribution is 7.80. The highest BCUT2D eigenvalue weighted by Gasteiger charge is 2.09. The van der Waals surface area contributed by atoms with Gasteiger partial charge >= 0.3 is 0 Å². The summed E-state index contributed by atoms with van der Waals surface area (Å²) in [6.07, 6.45) is 0. The van der Waals surface area contributed by atoms with Crippen LogP contribution in [-0.4, -0.2) is 31.9 Å². The fourth-order valence-corrected chi connectivity index (χ4v) is 2.27. The smallest absolute Gasteiger partial charge is 0.161 e. The fourth-order valence-electron chi connectivity index (χ4n) is 2.10. The number of para-hydroxylation sites is 2. The number of methoxy groups -OCH3 is 1. The molecule has 0 unspecified atom stereocenters. The Morgan fingerprint density at radius 3 is 2.17 bits per heavy atom. The first kappa shape index (κ1) is 17.9. The first-order valence-corrected chi connectivity index (χ1v) is 8.01. The molecule has 0 aliphatic heterocycles. The first-order valence-electron chi connectivity index (χ1n) is 7.61. The molecule has 2 aromatic rings. The second-order valence-corrected chi connectivity index (χ2v) is 5.24. The van der Waals surface area contributed by atoms with Crippen molar-refractivity contribution in [2.45, 2.75) is 6.92 Å². The zero-order valence-electron chi connectivity index (χ0n) is 13.8. The van der Waals surface area contributed by atoms with Crippen LogP contribution in [0.5, 0.6) is 23.0 Å². The summed E-state index contributed by atoms with van der Waals surface area (Å²) in [4.78, 5) is 0.273. The second-order valence-electron chi connectivity index (χ2n) is 4.80. The van der Waals surface area contributed by atoms with Gasteiger partial charge in [-0.2, -0.15) is 0 Å². The standard InChI is InChI=1S/C18H21NO4S/c1-3-21-15-6-4-5-7-16(15)22-10-11-23-17-12-13(20-2)8-9-14(17)18(19)24/h4-9,12H,3,10-11H2,1-2H3,(H2,19,24). The molecule has 0 atom stereocenters. The highest BCUT2D eigenvalue weighted by Crippen LogP contribution is 2.27. The second kappa shape index (κ2) is 8.98. The first-order chi connectivity index (χ1) is 11.7. The molecule has 0 aliphatic rings. The minimum atomic E-state index is 0.273. The molecule has 128 valence electrons. The minimum Gasteiger partial charge on any atom is -0.497 e. The van der Waals surface area contributed by atoms with Crippen LogP contribution in [0.4, 0.5) is 0 Å². The van der Waals surface area contributed by atoms with E-state index in [9.17, 15) is 0 Å². The molecule has 0 heterocycles. The van der Waals surface area contributed by atoms with Crippen LogP contribution >= 0.6 is 12.2 Å². The summed E-state index contributed by atoms with van der Waals surface area (Å²) in [5.74, 6) is 2.64. The SMILES string of the molecule is CCOc1ccccc1OCCOc1cc(OC)ccc1C(N)=S. The average molecular weight is 347 g/mol. The van der Waals surface area contributed by atoms with Crippen LogP contribution in [0.2, 0.25) is 0 Å². The minimum absolute atomic E-state index is 0.273. The van der Waals surface area contributed by atoms with Crippen molar-refractivity contribution in [3.8, 4) is 23.0 Å². The maximum Gasteiger partial charge on any atom is 0.161 e. The van der Waals surface area contributed by atoms with Crippen molar-refractivity contribution in [2.24, 2.45) is 5.73 Å². The average Bonchev–Trinajstić information content (AvgIpc) is 2.60. The highest BCUT2D eigenvalue weighted by atomic mass is 32.1. The van der Waals surface area contributed by atoms with Crippen LogP contribution in [0.3, 0.4) is 0 Å². The maximum absolute atomic E-state index is 5.75. The molecule has 2 N–H and O–H groups in total. The van der Waals surface area contributed by atoms with Crippen LogP contribution < -0.4 is 24.7 Å². The van der Waals surface area contributed by atoms with Gasteiger partial charge in [0.05, 0.1) is 19.3 Å². The predicted octanol–water partition coefficient (Wildman–Crippen LogP) is 3.19. The number of hydrogen-bond donors (Lipinski definition) is 1. The van der Waals surface area contributed by atoms with Crippen molar-refractivity contribution in [1.29, 1.82) is 0 Å². The molecule has 0 aliphatic carbocycles. The molecule has 0 fully saturated rings. The Morgan fingerprint density at radius 1 is 0.958 bits per heavy atom. The number of thiocarbonyl (C=S) groups is 1. The van der Waals surface area contributed by atoms with Gasteiger partial charge in [-0.25, -0.2) is 0 Å². The molecule has 0 spiro atoms. The van der Waals surface area contributed by atoms with Crippen molar-refractivity contribution in [1.82, 2.24) is 0 Å². The summed E-state index contributed by atoms with van der Waals surface area (Å²) in [6.45, 7) is 3.21. The zero-order chi connectivity index (χ0) is 17.4. The third-order valence-corrected chi connectivity index (χ3v) is 3.42. The predicted molar refractivity (Wildman–Crippen MR) is 97.5 cm³/mol. The van der Waals surface area contributed by atoms with E-state index in [0.717, 1.165) is 0 Å². The monoisotopic (exact) mass is 347 g/mol. The third-order valence-electron chi connectivity index (χ3n) is 3.20. The molecule has 5 nitrogen and oxygen atoms in total. The number of rotatable bonds is 9. The number of ether oxygens (including phenoxy) is 4. The van der Waals surface area contributed by atoms with Crippen molar-refractivity contribution in [2.75, 3.05) is 26.9 Å². The van der Waals surface area contributed by atoms with E-state index in [1.165, 1.54) is 0 Å². The van der Waals surface area contributed by atoms with Gasteiger partial charge in [0.1, 0.15) is 29.7 Å². The molecule has 0 radical (unpaired) electrons. The largest absolute Gasteiger partial charge is 0.497 e. The molecule has 0 bridgehead atoms. The van der Waals surface area contributed by atoms with Gasteiger partial charge in [-0.3, -0.25) is 0 Å². The number of hydrogen-bond acceptors (Lipinski definition) is 5. The molecule has 0 amide bonds. The van der Waals surface area contributed by atoms with Crippen molar-refractivity contribution >= 4 is 17.2 Å². The quantitative estimate of drug-likeness (QED) is 0.555. The molecule has 0 saturated carbocycles. The van der Waals surface area contributed by atoms with E-state index in [1.54, 1.807) is 25.3 Å². The van der Waals surface area contributed by atoms with Crippen molar-refractivity contribution in [3.63, 3.8) is 0 Å². The van der Waals surface area contributed by atoms with E-state index in [-0.39, 0.29) is 4.99 Å². The van der Waals surface area contributed by atoms with Gasteiger partial charge in [-0.05, 0) is 31.2 Å². The molecule has 2 aromatic carbocycles. The summed E-state index contributed by atoms with van der Waals surface area (Å²) in [5.41, 5.74) is 6.38. The Hall–Kier alpha value is -2.47. The molecular formula is C18H21NO4S. The molecule has 0 aromatic heterocycles. The van der Waals surface area contributed by atoms with E-state index in [0.29, 0.717) is 48.4 Å². The molecule has 6 heteroatoms. The van der Waals surface area contributed by atoms with E-state index in [4.69, 9.17) is 36.9 Å². The van der Waals surface area contributed by atoms with Crippen LogP contribution in [0.15, 0.2) is 42.5 Å². The Labute approximate surface area is 147 Å². The van der Waals surface area contributed by atoms with Crippen LogP contribution in [0.1, 0.15) is 12.5 Å². The summed E-state index contributed by atoms with van der Waals surface area (Å²) in [7, 11) is 1.59. The zero-order valence-corrected chi connectivity index (χ0v) is 14.6. The molecule has 24 heavy (non-hydrogen) atoms. The Morgan fingerprint density at radius 2 is 1.58 bits per heavy atom. The maximum atomic E-state index is 5.75. The van der Waals surface area contributed by atoms with Crippen LogP contribution in [0.25, 0.3) is 0 Å². The van der Waals surface area contributed by atoms with Gasteiger partial charge in [0.25, 0.3) is 0 Å². The van der Waals surface area contributed by atoms with E-state index in [1.807, 2.05) is 31.2 Å².